The zero-order chi connectivity index (χ0) is 9.14. The van der Waals surface area contributed by atoms with Gasteiger partial charge in [-0.1, -0.05) is 0 Å². The first-order valence-electron chi connectivity index (χ1n) is 3.73. The Labute approximate surface area is 70.7 Å². The van der Waals surface area contributed by atoms with Crippen molar-refractivity contribution in [2.24, 2.45) is 0 Å². The van der Waals surface area contributed by atoms with Gasteiger partial charge in [-0.15, -0.1) is 0 Å². The van der Waals surface area contributed by atoms with Crippen LogP contribution in [0.5, 0.6) is 0 Å². The Balaban J connectivity index is 2.28. The zero-order valence-corrected chi connectivity index (χ0v) is 7.11. The molecule has 0 saturated carbocycles. The molecule has 0 aliphatic carbocycles. The molecule has 5 heteroatoms. The van der Waals surface area contributed by atoms with Gasteiger partial charge in [-0.25, -0.2) is 0 Å². The quantitative estimate of drug-likeness (QED) is 0.559. The van der Waals surface area contributed by atoms with Crippen LogP contribution >= 0.6 is 0 Å². The summed E-state index contributed by atoms with van der Waals surface area (Å²) in [5, 5.41) is 11.4. The Kier molecular flexibility index (Phi) is 3.02. The van der Waals surface area contributed by atoms with Crippen molar-refractivity contribution in [1.29, 1.82) is 0 Å². The maximum atomic E-state index is 10.4. The number of aliphatic carboxylic acids is 1. The highest BCUT2D eigenvalue weighted by molar-refractivity contribution is 5.74. The van der Waals surface area contributed by atoms with Gasteiger partial charge in [-0.3, -0.25) is 10.1 Å². The number of nitrogens with one attached hydrogen (secondary N) is 1. The third-order valence-electron chi connectivity index (χ3n) is 2.00. The molecule has 0 unspecified atom stereocenters. The molecule has 0 bridgehead atoms. The minimum atomic E-state index is -0.822. The number of rotatable bonds is 4. The summed E-state index contributed by atoms with van der Waals surface area (Å²) in [7, 11) is 3.06. The SMILES string of the molecule is COC(OC)[C@H]1C[C@@H](C(=O)O)N1. The minimum absolute atomic E-state index is 0.00102. The van der Waals surface area contributed by atoms with Crippen LogP contribution in [-0.4, -0.2) is 43.7 Å². The van der Waals surface area contributed by atoms with Gasteiger partial charge in [0.1, 0.15) is 6.04 Å². The van der Waals surface area contributed by atoms with Crippen molar-refractivity contribution >= 4 is 5.97 Å². The lowest BCUT2D eigenvalue weighted by Gasteiger charge is -2.37. The fraction of sp³-hybridized carbons (Fsp3) is 0.857. The third kappa shape index (κ3) is 1.74. The summed E-state index contributed by atoms with van der Waals surface area (Å²) in [5.74, 6) is -0.822. The van der Waals surface area contributed by atoms with Crippen LogP contribution in [0.4, 0.5) is 0 Å². The Bertz CT molecular complexity index is 163. The van der Waals surface area contributed by atoms with Gasteiger partial charge in [0.2, 0.25) is 0 Å². The smallest absolute Gasteiger partial charge is 0.320 e. The highest BCUT2D eigenvalue weighted by atomic mass is 16.7. The molecule has 12 heavy (non-hydrogen) atoms. The van der Waals surface area contributed by atoms with E-state index in [4.69, 9.17) is 14.6 Å². The Morgan fingerprint density at radius 3 is 2.42 bits per heavy atom. The van der Waals surface area contributed by atoms with Crippen LogP contribution in [0.15, 0.2) is 0 Å². The molecule has 5 nitrogen and oxygen atoms in total. The number of hydrogen-bond acceptors (Lipinski definition) is 4. The molecule has 0 aromatic rings. The van der Waals surface area contributed by atoms with E-state index >= 15 is 0 Å². The van der Waals surface area contributed by atoms with E-state index in [-0.39, 0.29) is 12.3 Å². The van der Waals surface area contributed by atoms with Gasteiger partial charge in [0.25, 0.3) is 0 Å². The first-order chi connectivity index (χ1) is 5.69. The van der Waals surface area contributed by atoms with Crippen molar-refractivity contribution in [3.05, 3.63) is 0 Å². The molecule has 1 rings (SSSR count). The predicted molar refractivity (Wildman–Crippen MR) is 40.8 cm³/mol. The van der Waals surface area contributed by atoms with Crippen molar-refractivity contribution in [2.75, 3.05) is 14.2 Å². The van der Waals surface area contributed by atoms with Gasteiger partial charge in [0.15, 0.2) is 6.29 Å². The van der Waals surface area contributed by atoms with Crippen LogP contribution in [0.2, 0.25) is 0 Å². The van der Waals surface area contributed by atoms with E-state index < -0.39 is 12.0 Å². The normalized spacial score (nSPS) is 28.6. The van der Waals surface area contributed by atoms with E-state index in [1.54, 1.807) is 0 Å². The van der Waals surface area contributed by atoms with Crippen molar-refractivity contribution in [2.45, 2.75) is 24.8 Å². The second kappa shape index (κ2) is 3.84. The Morgan fingerprint density at radius 1 is 1.58 bits per heavy atom. The molecule has 1 heterocycles. The molecular weight excluding hydrogens is 162 g/mol. The summed E-state index contributed by atoms with van der Waals surface area (Å²) < 4.78 is 9.91. The zero-order valence-electron chi connectivity index (χ0n) is 7.11. The van der Waals surface area contributed by atoms with Gasteiger partial charge < -0.3 is 14.6 Å². The minimum Gasteiger partial charge on any atom is -0.480 e. The highest BCUT2D eigenvalue weighted by Gasteiger charge is 2.38. The molecule has 0 aromatic heterocycles. The van der Waals surface area contributed by atoms with E-state index in [1.165, 1.54) is 14.2 Å². The van der Waals surface area contributed by atoms with Crippen LogP contribution in [0.3, 0.4) is 0 Å². The molecule has 0 spiro atoms. The standard InChI is InChI=1S/C7H13NO4/c1-11-7(12-2)5-3-4(8-5)6(9)10/h4-5,7-8H,3H2,1-2H3,(H,9,10)/t4-,5+/m0/s1. The molecule has 70 valence electrons. The molecule has 2 N–H and O–H groups in total. The largest absolute Gasteiger partial charge is 0.480 e. The fourth-order valence-electron chi connectivity index (χ4n) is 1.27. The maximum Gasteiger partial charge on any atom is 0.320 e. The van der Waals surface area contributed by atoms with Crippen molar-refractivity contribution in [3.63, 3.8) is 0 Å². The molecule has 1 fully saturated rings. The number of methoxy groups -OCH3 is 2. The van der Waals surface area contributed by atoms with Crippen LogP contribution in [-0.2, 0) is 14.3 Å². The summed E-state index contributed by atoms with van der Waals surface area (Å²) in [5.41, 5.74) is 0. The molecule has 2 atom stereocenters. The molecule has 0 radical (unpaired) electrons. The first kappa shape index (κ1) is 9.44. The number of carboxylic acid groups (broad SMARTS) is 1. The number of carboxylic acids is 1. The van der Waals surface area contributed by atoms with E-state index in [1.807, 2.05) is 0 Å². The Morgan fingerprint density at radius 2 is 2.08 bits per heavy atom. The van der Waals surface area contributed by atoms with Crippen LogP contribution in [0.1, 0.15) is 6.42 Å². The van der Waals surface area contributed by atoms with E-state index in [0.717, 1.165) is 0 Å². The van der Waals surface area contributed by atoms with Gasteiger partial charge in [-0.05, 0) is 6.42 Å². The molecular formula is C7H13NO4. The summed E-state index contributed by atoms with van der Waals surface area (Å²) >= 11 is 0. The second-order valence-corrected chi connectivity index (χ2v) is 2.74. The molecule has 1 saturated heterocycles. The predicted octanol–water partition coefficient (Wildman–Crippen LogP) is -0.580. The monoisotopic (exact) mass is 175 g/mol. The fourth-order valence-corrected chi connectivity index (χ4v) is 1.27. The van der Waals surface area contributed by atoms with Gasteiger partial charge >= 0.3 is 5.97 Å². The number of carbonyl (C=O) groups is 1. The molecule has 1 aliphatic rings. The first-order valence-corrected chi connectivity index (χ1v) is 3.73. The summed E-state index contributed by atoms with van der Waals surface area (Å²) in [6.45, 7) is 0. The average molecular weight is 175 g/mol. The second-order valence-electron chi connectivity index (χ2n) is 2.74. The van der Waals surface area contributed by atoms with E-state index in [0.29, 0.717) is 6.42 Å². The van der Waals surface area contributed by atoms with E-state index in [9.17, 15) is 4.79 Å². The van der Waals surface area contributed by atoms with E-state index in [2.05, 4.69) is 5.32 Å². The van der Waals surface area contributed by atoms with Crippen molar-refractivity contribution in [3.8, 4) is 0 Å². The average Bonchev–Trinajstić information content (AvgIpc) is 1.94. The third-order valence-corrected chi connectivity index (χ3v) is 2.00. The number of hydrogen-bond donors (Lipinski definition) is 2. The summed E-state index contributed by atoms with van der Waals surface area (Å²) in [6.07, 6.45) is 0.211. The van der Waals surface area contributed by atoms with Gasteiger partial charge in [0, 0.05) is 14.2 Å². The molecule has 0 amide bonds. The lowest BCUT2D eigenvalue weighted by molar-refractivity contribution is -0.158. The van der Waals surface area contributed by atoms with Crippen molar-refractivity contribution in [1.82, 2.24) is 5.32 Å². The van der Waals surface area contributed by atoms with Crippen molar-refractivity contribution < 1.29 is 19.4 Å². The Hall–Kier alpha value is -0.650. The van der Waals surface area contributed by atoms with Gasteiger partial charge in [-0.2, -0.15) is 0 Å². The maximum absolute atomic E-state index is 10.4. The van der Waals surface area contributed by atoms with Gasteiger partial charge in [0.05, 0.1) is 6.04 Å². The summed E-state index contributed by atoms with van der Waals surface area (Å²) in [4.78, 5) is 10.4. The molecule has 0 aromatic carbocycles. The van der Waals surface area contributed by atoms with Crippen LogP contribution in [0.25, 0.3) is 0 Å². The lowest BCUT2D eigenvalue weighted by atomic mass is 9.97. The topological polar surface area (TPSA) is 67.8 Å². The highest BCUT2D eigenvalue weighted by Crippen LogP contribution is 2.17. The van der Waals surface area contributed by atoms with Crippen LogP contribution < -0.4 is 5.32 Å². The molecule has 1 aliphatic heterocycles. The number of ether oxygens (including phenoxy) is 2. The summed E-state index contributed by atoms with van der Waals surface area (Å²) in [6, 6.07) is -0.441. The van der Waals surface area contributed by atoms with Crippen LogP contribution in [0, 0.1) is 0 Å². The lowest BCUT2D eigenvalue weighted by Crippen LogP contribution is -2.61.